The lowest BCUT2D eigenvalue weighted by Gasteiger charge is -2.06. The van der Waals surface area contributed by atoms with Crippen molar-refractivity contribution in [3.8, 4) is 0 Å². The summed E-state index contributed by atoms with van der Waals surface area (Å²) in [5, 5.41) is 17.0. The summed E-state index contributed by atoms with van der Waals surface area (Å²) in [5.74, 6) is 0. The lowest BCUT2D eigenvalue weighted by Crippen LogP contribution is -2.21. The van der Waals surface area contributed by atoms with Gasteiger partial charge >= 0.3 is 32.5 Å². The Morgan fingerprint density at radius 1 is 1.67 bits per heavy atom. The Hall–Kier alpha value is 0.905. The van der Waals surface area contributed by atoms with Crippen molar-refractivity contribution >= 4 is 32.5 Å². The van der Waals surface area contributed by atoms with E-state index in [0.29, 0.717) is 16.6 Å². The van der Waals surface area contributed by atoms with Crippen LogP contribution in [0.5, 0.6) is 0 Å². The van der Waals surface area contributed by atoms with Crippen LogP contribution in [-0.2, 0) is 6.63 Å². The Kier molecular flexibility index (Phi) is 7.72. The van der Waals surface area contributed by atoms with Crippen molar-refractivity contribution in [3.63, 3.8) is 0 Å². The van der Waals surface area contributed by atoms with Crippen LogP contribution in [0.2, 0.25) is 0 Å². The maximum absolute atomic E-state index is 8.69. The molecule has 52 valence electrons. The predicted molar refractivity (Wildman–Crippen MR) is 35.8 cm³/mol. The zero-order valence-corrected chi connectivity index (χ0v) is 8.82. The first-order chi connectivity index (χ1) is 4.31. The molecule has 0 spiro atoms. The van der Waals surface area contributed by atoms with E-state index in [1.807, 2.05) is 0 Å². The number of aliphatic hydroxyl groups excluding tert-OH is 2. The van der Waals surface area contributed by atoms with Gasteiger partial charge in [-0.1, -0.05) is 0 Å². The highest BCUT2D eigenvalue weighted by Gasteiger charge is 2.01. The van der Waals surface area contributed by atoms with Gasteiger partial charge in [-0.3, -0.25) is 0 Å². The number of rotatable bonds is 5. The van der Waals surface area contributed by atoms with Crippen molar-refractivity contribution in [1.29, 1.82) is 0 Å². The molecule has 0 aromatic heterocycles. The molecule has 0 saturated carbocycles. The van der Waals surface area contributed by atoms with Crippen LogP contribution in [0.1, 0.15) is 0 Å². The quantitative estimate of drug-likeness (QED) is 0.340. The van der Waals surface area contributed by atoms with Crippen molar-refractivity contribution < 1.29 is 16.8 Å². The fourth-order valence-corrected chi connectivity index (χ4v) is 1.36. The second-order valence-corrected chi connectivity index (χ2v) is 4.57. The van der Waals surface area contributed by atoms with Crippen LogP contribution in [0.15, 0.2) is 0 Å². The predicted octanol–water partition coefficient (Wildman–Crippen LogP) is -2.81. The van der Waals surface area contributed by atoms with E-state index in [4.69, 9.17) is 16.8 Å². The molecule has 0 rings (SSSR count). The summed E-state index contributed by atoms with van der Waals surface area (Å²) in [6.45, 7) is -0.0412. The van der Waals surface area contributed by atoms with Crippen LogP contribution in [0.4, 0.5) is 0 Å². The summed E-state index contributed by atoms with van der Waals surface area (Å²) >= 11 is -0.147. The molecule has 0 radical (unpaired) electrons. The molecule has 2 N–H and O–H groups in total. The average molecular weight is 164 g/mol. The summed E-state index contributed by atoms with van der Waals surface area (Å²) in [6, 6.07) is 0. The molecule has 6 heteroatoms. The Morgan fingerprint density at radius 2 is 2.33 bits per heavy atom. The highest BCUT2D eigenvalue weighted by molar-refractivity contribution is 6.27. The smallest absolute Gasteiger partial charge is 0.618 e. The minimum atomic E-state index is -0.840. The summed E-state index contributed by atoms with van der Waals surface area (Å²) < 4.78 is 9.68. The van der Waals surface area contributed by atoms with Gasteiger partial charge in [0.25, 0.3) is 0 Å². The lowest BCUT2D eigenvalue weighted by molar-refractivity contribution is 0.0510. The maximum atomic E-state index is 8.69. The topological polar surface area (TPSA) is 58.9 Å². The minimum Gasteiger partial charge on any atom is -0.622 e. The zero-order chi connectivity index (χ0) is 7.11. The first kappa shape index (κ1) is 9.90. The van der Waals surface area contributed by atoms with Gasteiger partial charge in [-0.05, 0) is 0 Å². The molecule has 0 aromatic rings. The monoisotopic (exact) mass is 164 g/mol. The van der Waals surface area contributed by atoms with Gasteiger partial charge in [0.1, 0.15) is 0 Å². The van der Waals surface area contributed by atoms with Crippen LogP contribution in [-0.4, -0.2) is 62.0 Å². The van der Waals surface area contributed by atoms with Gasteiger partial charge in [0.15, 0.2) is 0 Å². The molecule has 0 aliphatic carbocycles. The largest absolute Gasteiger partial charge is 0.622 e. The highest BCUT2D eigenvalue weighted by atomic mass is 27.2. The van der Waals surface area contributed by atoms with E-state index >= 15 is 0 Å². The molecule has 0 bridgehead atoms. The normalized spacial score (nSPS) is 13.1. The van der Waals surface area contributed by atoms with Gasteiger partial charge in [-0.15, -0.1) is 0 Å². The Balaban J connectivity index is 2.88. The molecular weight excluding hydrogens is 154 g/mol. The summed E-state index contributed by atoms with van der Waals surface area (Å²) in [6.07, 6.45) is -0.741. The van der Waals surface area contributed by atoms with Gasteiger partial charge in [0.2, 0.25) is 0 Å². The Morgan fingerprint density at radius 3 is 2.78 bits per heavy atom. The molecule has 0 aliphatic heterocycles. The maximum Gasteiger partial charge on any atom is 0.618 e. The van der Waals surface area contributed by atoms with E-state index < -0.39 is 22.0 Å². The van der Waals surface area contributed by atoms with Gasteiger partial charge in [-0.2, -0.15) is 0 Å². The molecule has 0 amide bonds. The Labute approximate surface area is 68.9 Å². The van der Waals surface area contributed by atoms with Gasteiger partial charge in [-0.25, -0.2) is 0 Å². The third-order valence-corrected chi connectivity index (χ3v) is 2.07. The third-order valence-electron chi connectivity index (χ3n) is 0.722. The lowest BCUT2D eigenvalue weighted by atomic mass is 10.4. The second kappa shape index (κ2) is 7.02. The molecule has 0 saturated heterocycles. The fraction of sp³-hybridized carbons (Fsp3) is 1.00. The van der Waals surface area contributed by atoms with E-state index in [2.05, 4.69) is 0 Å². The molecule has 1 unspecified atom stereocenters. The number of hydrogen-bond acceptors (Lipinski definition) is 4. The Bertz CT molecular complexity index is 61.8. The van der Waals surface area contributed by atoms with Crippen LogP contribution < -0.4 is 0 Å². The average Bonchev–Trinajstić information content (AvgIpc) is 1.89. The molecule has 9 heavy (non-hydrogen) atoms. The van der Waals surface area contributed by atoms with Crippen molar-refractivity contribution in [1.82, 2.24) is 0 Å². The SMILES string of the molecule is OCC(O)C[O][AlH][O][AlH2]. The molecule has 0 fully saturated rings. The van der Waals surface area contributed by atoms with E-state index in [9.17, 15) is 0 Å². The van der Waals surface area contributed by atoms with Crippen molar-refractivity contribution in [3.05, 3.63) is 0 Å². The van der Waals surface area contributed by atoms with E-state index in [1.165, 1.54) is 0 Å². The van der Waals surface area contributed by atoms with Crippen molar-refractivity contribution in [2.75, 3.05) is 13.2 Å². The minimum absolute atomic E-state index is 0.199. The summed E-state index contributed by atoms with van der Waals surface area (Å²) in [4.78, 5) is 0. The highest BCUT2D eigenvalue weighted by Crippen LogP contribution is 1.80. The first-order valence-electron chi connectivity index (χ1n) is 2.67. The van der Waals surface area contributed by atoms with Crippen LogP contribution in [0.25, 0.3) is 0 Å². The van der Waals surface area contributed by atoms with Crippen molar-refractivity contribution in [2.24, 2.45) is 0 Å². The number of hydrogen-bond donors (Lipinski definition) is 2. The molecule has 0 aromatic carbocycles. The van der Waals surface area contributed by atoms with Gasteiger partial charge in [0.05, 0.1) is 12.7 Å². The molecule has 0 aliphatic rings. The molecule has 0 heterocycles. The van der Waals surface area contributed by atoms with Crippen LogP contribution >= 0.6 is 0 Å². The summed E-state index contributed by atoms with van der Waals surface area (Å²) in [5.41, 5.74) is 0. The van der Waals surface area contributed by atoms with E-state index in [-0.39, 0.29) is 13.2 Å². The van der Waals surface area contributed by atoms with Crippen LogP contribution in [0.3, 0.4) is 0 Å². The van der Waals surface area contributed by atoms with Gasteiger partial charge in [0, 0.05) is 6.61 Å². The fourth-order valence-electron chi connectivity index (χ4n) is 0.320. The van der Waals surface area contributed by atoms with E-state index in [1.54, 1.807) is 0 Å². The number of aliphatic hydroxyl groups is 2. The molecule has 4 nitrogen and oxygen atoms in total. The standard InChI is InChI=1S/C3H7O3.2Al.O.3H/c4-1-3(6)2-5;;;;;;/h3-4,6H,1-2H2;;;;;;/q-1;;+1;;;;. The zero-order valence-electron chi connectivity index (χ0n) is 5.41. The van der Waals surface area contributed by atoms with Crippen molar-refractivity contribution in [2.45, 2.75) is 6.10 Å². The first-order valence-corrected chi connectivity index (χ1v) is 4.64. The van der Waals surface area contributed by atoms with E-state index in [0.717, 1.165) is 0 Å². The van der Waals surface area contributed by atoms with Crippen LogP contribution in [0, 0.1) is 0 Å². The second-order valence-electron chi connectivity index (χ2n) is 1.61. The van der Waals surface area contributed by atoms with Gasteiger partial charge < -0.3 is 16.8 Å². The molecular formula is C3H10Al2O4. The molecule has 1 atom stereocenters. The third kappa shape index (κ3) is 6.79. The summed E-state index contributed by atoms with van der Waals surface area (Å²) in [7, 11) is 0.